The summed E-state index contributed by atoms with van der Waals surface area (Å²) in [5.41, 5.74) is 1.28. The van der Waals surface area contributed by atoms with E-state index in [4.69, 9.17) is 4.74 Å². The van der Waals surface area contributed by atoms with Crippen LogP contribution in [0.4, 0.5) is 13.2 Å². The maximum Gasteiger partial charge on any atom is 0.416 e. The van der Waals surface area contributed by atoms with Crippen molar-refractivity contribution >= 4 is 5.76 Å². The summed E-state index contributed by atoms with van der Waals surface area (Å²) in [5, 5.41) is 0. The van der Waals surface area contributed by atoms with Crippen LogP contribution in [0.25, 0.3) is 5.76 Å². The first kappa shape index (κ1) is 12.0. The molecule has 0 N–H and O–H groups in total. The Bertz CT molecular complexity index is 423. The van der Waals surface area contributed by atoms with E-state index in [9.17, 15) is 13.2 Å². The van der Waals surface area contributed by atoms with Gasteiger partial charge in [0, 0.05) is 5.56 Å². The summed E-state index contributed by atoms with van der Waals surface area (Å²) in [6.07, 6.45) is -1.20. The van der Waals surface area contributed by atoms with Gasteiger partial charge in [-0.15, -0.1) is 0 Å². The number of alkyl halides is 3. The van der Waals surface area contributed by atoms with Crippen LogP contribution in [0.15, 0.2) is 29.8 Å². The fourth-order valence-corrected chi connectivity index (χ4v) is 1.86. The molecule has 1 saturated carbocycles. The summed E-state index contributed by atoms with van der Waals surface area (Å²) in [7, 11) is 1.55. The van der Waals surface area contributed by atoms with Gasteiger partial charge in [-0.1, -0.05) is 12.1 Å². The Morgan fingerprint density at radius 2 is 1.71 bits per heavy atom. The summed E-state index contributed by atoms with van der Waals surface area (Å²) in [6.45, 7) is 0. The molecule has 0 atom stereocenters. The van der Waals surface area contributed by atoms with Crippen molar-refractivity contribution in [3.8, 4) is 0 Å². The van der Waals surface area contributed by atoms with E-state index in [0.717, 1.165) is 42.7 Å². The van der Waals surface area contributed by atoms with Crippen LogP contribution < -0.4 is 0 Å². The Hall–Kier alpha value is -1.45. The first-order valence-corrected chi connectivity index (χ1v) is 5.46. The number of rotatable bonds is 2. The third kappa shape index (κ3) is 2.46. The van der Waals surface area contributed by atoms with Crippen molar-refractivity contribution in [1.82, 2.24) is 0 Å². The van der Waals surface area contributed by atoms with Gasteiger partial charge in [0.05, 0.1) is 12.7 Å². The lowest BCUT2D eigenvalue weighted by Crippen LogP contribution is -2.06. The smallest absolute Gasteiger partial charge is 0.416 e. The minimum Gasteiger partial charge on any atom is -0.496 e. The van der Waals surface area contributed by atoms with E-state index in [0.29, 0.717) is 0 Å². The van der Waals surface area contributed by atoms with Gasteiger partial charge in [-0.3, -0.25) is 0 Å². The maximum atomic E-state index is 12.4. The Morgan fingerprint density at radius 1 is 1.12 bits per heavy atom. The van der Waals surface area contributed by atoms with Gasteiger partial charge in [0.25, 0.3) is 0 Å². The van der Waals surface area contributed by atoms with Crippen LogP contribution in [-0.2, 0) is 10.9 Å². The minimum atomic E-state index is -4.28. The van der Waals surface area contributed by atoms with Crippen molar-refractivity contribution in [2.24, 2.45) is 0 Å². The lowest BCUT2D eigenvalue weighted by Gasteiger charge is -2.21. The van der Waals surface area contributed by atoms with Crippen LogP contribution in [0.5, 0.6) is 0 Å². The number of methoxy groups -OCH3 is 1. The first-order valence-electron chi connectivity index (χ1n) is 5.46. The van der Waals surface area contributed by atoms with E-state index in [2.05, 4.69) is 0 Å². The molecule has 0 saturated heterocycles. The Labute approximate surface area is 97.9 Å². The standard InChI is InChI=1S/C13H13F3O/c1-17-12(9-3-2-4-9)10-5-7-11(8-6-10)13(14,15)16/h5-8H,2-4H2,1H3. The third-order valence-corrected chi connectivity index (χ3v) is 2.96. The van der Waals surface area contributed by atoms with Crippen LogP contribution in [0.3, 0.4) is 0 Å². The zero-order valence-electron chi connectivity index (χ0n) is 9.47. The number of allylic oxidation sites excluding steroid dienone is 1. The Morgan fingerprint density at radius 3 is 2.06 bits per heavy atom. The van der Waals surface area contributed by atoms with Crippen LogP contribution >= 0.6 is 0 Å². The quantitative estimate of drug-likeness (QED) is 0.704. The van der Waals surface area contributed by atoms with E-state index >= 15 is 0 Å². The van der Waals surface area contributed by atoms with E-state index in [-0.39, 0.29) is 0 Å². The molecule has 0 heterocycles. The Kier molecular flexibility index (Phi) is 3.13. The van der Waals surface area contributed by atoms with Crippen LogP contribution in [-0.4, -0.2) is 7.11 Å². The fraction of sp³-hybridized carbons (Fsp3) is 0.385. The minimum absolute atomic E-state index is 0.629. The maximum absolute atomic E-state index is 12.4. The molecule has 0 aromatic heterocycles. The van der Waals surface area contributed by atoms with Crippen molar-refractivity contribution in [3.05, 3.63) is 41.0 Å². The zero-order chi connectivity index (χ0) is 12.5. The van der Waals surface area contributed by atoms with Gasteiger partial charge in [-0.2, -0.15) is 13.2 Å². The predicted octanol–water partition coefficient (Wildman–Crippen LogP) is 4.25. The summed E-state index contributed by atoms with van der Waals surface area (Å²) < 4.78 is 42.4. The summed E-state index contributed by atoms with van der Waals surface area (Å²) >= 11 is 0. The molecule has 2 rings (SSSR count). The zero-order valence-corrected chi connectivity index (χ0v) is 9.47. The molecule has 17 heavy (non-hydrogen) atoms. The molecule has 1 aliphatic carbocycles. The summed E-state index contributed by atoms with van der Waals surface area (Å²) in [6, 6.07) is 5.11. The molecular formula is C13H13F3O. The topological polar surface area (TPSA) is 9.23 Å². The van der Waals surface area contributed by atoms with E-state index in [1.807, 2.05) is 0 Å². The molecule has 0 radical (unpaired) electrons. The van der Waals surface area contributed by atoms with Crippen molar-refractivity contribution in [2.75, 3.05) is 7.11 Å². The number of hydrogen-bond donors (Lipinski definition) is 0. The van der Waals surface area contributed by atoms with Crippen molar-refractivity contribution in [2.45, 2.75) is 25.4 Å². The predicted molar refractivity (Wildman–Crippen MR) is 59.2 cm³/mol. The summed E-state index contributed by atoms with van der Waals surface area (Å²) in [5.74, 6) is 0.727. The van der Waals surface area contributed by atoms with Crippen LogP contribution in [0, 0.1) is 0 Å². The monoisotopic (exact) mass is 242 g/mol. The van der Waals surface area contributed by atoms with Gasteiger partial charge in [-0.05, 0) is 37.0 Å². The second-order valence-corrected chi connectivity index (χ2v) is 4.07. The van der Waals surface area contributed by atoms with Gasteiger partial charge >= 0.3 is 6.18 Å². The Balaban J connectivity index is 2.29. The molecular weight excluding hydrogens is 229 g/mol. The number of halogens is 3. The molecule has 1 aromatic carbocycles. The molecule has 1 aromatic rings. The lowest BCUT2D eigenvalue weighted by atomic mass is 9.89. The summed E-state index contributed by atoms with van der Waals surface area (Å²) in [4.78, 5) is 0. The molecule has 1 aliphatic rings. The van der Waals surface area contributed by atoms with Crippen molar-refractivity contribution in [1.29, 1.82) is 0 Å². The van der Waals surface area contributed by atoms with E-state index < -0.39 is 11.7 Å². The third-order valence-electron chi connectivity index (χ3n) is 2.96. The van der Waals surface area contributed by atoms with Gasteiger partial charge in [0.1, 0.15) is 5.76 Å². The highest BCUT2D eigenvalue weighted by Gasteiger charge is 2.30. The van der Waals surface area contributed by atoms with Gasteiger partial charge in [0.15, 0.2) is 0 Å². The molecule has 4 heteroatoms. The van der Waals surface area contributed by atoms with Crippen LogP contribution in [0.2, 0.25) is 0 Å². The average molecular weight is 242 g/mol. The average Bonchev–Trinajstić information content (AvgIpc) is 2.22. The molecule has 0 unspecified atom stereocenters. The van der Waals surface area contributed by atoms with Crippen molar-refractivity contribution < 1.29 is 17.9 Å². The van der Waals surface area contributed by atoms with E-state index in [1.54, 1.807) is 7.11 Å². The van der Waals surface area contributed by atoms with Gasteiger partial charge < -0.3 is 4.74 Å². The molecule has 92 valence electrons. The molecule has 0 spiro atoms. The number of benzene rings is 1. The molecule has 1 nitrogen and oxygen atoms in total. The van der Waals surface area contributed by atoms with E-state index in [1.165, 1.54) is 17.7 Å². The lowest BCUT2D eigenvalue weighted by molar-refractivity contribution is -0.137. The molecule has 0 bridgehead atoms. The van der Waals surface area contributed by atoms with Gasteiger partial charge in [0.2, 0.25) is 0 Å². The largest absolute Gasteiger partial charge is 0.496 e. The molecule has 0 amide bonds. The highest BCUT2D eigenvalue weighted by molar-refractivity contribution is 5.64. The molecule has 1 fully saturated rings. The normalized spacial score (nSPS) is 15.4. The second kappa shape index (κ2) is 4.43. The SMILES string of the molecule is COC(=C1CCC1)c1ccc(C(F)(F)F)cc1. The molecule has 0 aliphatic heterocycles. The highest BCUT2D eigenvalue weighted by Crippen LogP contribution is 2.35. The van der Waals surface area contributed by atoms with Crippen LogP contribution in [0.1, 0.15) is 30.4 Å². The fourth-order valence-electron chi connectivity index (χ4n) is 1.86. The number of hydrogen-bond acceptors (Lipinski definition) is 1. The van der Waals surface area contributed by atoms with Gasteiger partial charge in [-0.25, -0.2) is 0 Å². The second-order valence-electron chi connectivity index (χ2n) is 4.07. The highest BCUT2D eigenvalue weighted by atomic mass is 19.4. The first-order chi connectivity index (χ1) is 8.02. The number of ether oxygens (including phenoxy) is 1. The van der Waals surface area contributed by atoms with Crippen molar-refractivity contribution in [3.63, 3.8) is 0 Å².